The van der Waals surface area contributed by atoms with Gasteiger partial charge in [-0.15, -0.1) is 0 Å². The van der Waals surface area contributed by atoms with Crippen molar-refractivity contribution in [3.05, 3.63) is 11.7 Å². The Bertz CT molecular complexity index is 205. The average Bonchev–Trinajstić information content (AvgIpc) is 2.15. The van der Waals surface area contributed by atoms with Gasteiger partial charge in [-0.05, 0) is 0 Å². The number of hydrogen-bond acceptors (Lipinski definition) is 5. The van der Waals surface area contributed by atoms with Gasteiger partial charge in [-0.3, -0.25) is 0 Å². The van der Waals surface area contributed by atoms with E-state index in [1.807, 2.05) is 0 Å². The van der Waals surface area contributed by atoms with Gasteiger partial charge < -0.3 is 25.2 Å². The van der Waals surface area contributed by atoms with Crippen LogP contribution in [0.5, 0.6) is 0 Å². The SMILES string of the molecule is [B]/C=C1\OC(CO)[C@H](O)[C@H](O)C1O. The molecule has 1 saturated heterocycles. The molecule has 1 aliphatic heterocycles. The zero-order valence-electron chi connectivity index (χ0n) is 6.87. The smallest absolute Gasteiger partial charge is 0.150 e. The van der Waals surface area contributed by atoms with Gasteiger partial charge in [0.05, 0.1) is 6.61 Å². The van der Waals surface area contributed by atoms with Crippen molar-refractivity contribution in [2.24, 2.45) is 0 Å². The Morgan fingerprint density at radius 3 is 2.38 bits per heavy atom. The van der Waals surface area contributed by atoms with E-state index >= 15 is 0 Å². The van der Waals surface area contributed by atoms with Crippen molar-refractivity contribution in [2.75, 3.05) is 6.61 Å². The highest BCUT2D eigenvalue weighted by Crippen LogP contribution is 2.22. The first-order valence-electron chi connectivity index (χ1n) is 3.85. The van der Waals surface area contributed by atoms with Gasteiger partial charge in [0.15, 0.2) is 0 Å². The van der Waals surface area contributed by atoms with Crippen LogP contribution in [-0.2, 0) is 4.74 Å². The standard InChI is InChI=1S/C7H11BO5/c8-1-3-5(10)7(12)6(11)4(2-9)13-3/h1,4-7,9-12H,2H2/b3-1-/t4?,5?,6-,7+/m0/s1. The third kappa shape index (κ3) is 1.86. The van der Waals surface area contributed by atoms with Crippen LogP contribution in [0, 0.1) is 0 Å². The molecule has 5 nitrogen and oxygen atoms in total. The van der Waals surface area contributed by atoms with Crippen LogP contribution in [0.15, 0.2) is 11.7 Å². The first-order chi connectivity index (χ1) is 6.11. The van der Waals surface area contributed by atoms with Gasteiger partial charge >= 0.3 is 0 Å². The number of aliphatic hydroxyl groups is 4. The molecule has 4 atom stereocenters. The molecular formula is C7H11BO5. The lowest BCUT2D eigenvalue weighted by atomic mass is 9.95. The second-order valence-electron chi connectivity index (χ2n) is 2.83. The van der Waals surface area contributed by atoms with Crippen LogP contribution in [0.3, 0.4) is 0 Å². The van der Waals surface area contributed by atoms with Gasteiger partial charge in [0.25, 0.3) is 0 Å². The average molecular weight is 186 g/mol. The van der Waals surface area contributed by atoms with Gasteiger partial charge in [0, 0.05) is 0 Å². The Morgan fingerprint density at radius 2 is 1.92 bits per heavy atom. The van der Waals surface area contributed by atoms with E-state index < -0.39 is 31.0 Å². The summed E-state index contributed by atoms with van der Waals surface area (Å²) in [6, 6.07) is 0. The molecule has 0 bridgehead atoms. The van der Waals surface area contributed by atoms with Crippen molar-refractivity contribution in [3.8, 4) is 0 Å². The third-order valence-electron chi connectivity index (χ3n) is 1.98. The minimum Gasteiger partial charge on any atom is -0.488 e. The van der Waals surface area contributed by atoms with Gasteiger partial charge in [-0.25, -0.2) is 0 Å². The highest BCUT2D eigenvalue weighted by atomic mass is 16.5. The largest absolute Gasteiger partial charge is 0.488 e. The normalized spacial score (nSPS) is 43.2. The van der Waals surface area contributed by atoms with E-state index in [9.17, 15) is 15.3 Å². The fourth-order valence-corrected chi connectivity index (χ4v) is 1.17. The fourth-order valence-electron chi connectivity index (χ4n) is 1.17. The van der Waals surface area contributed by atoms with Crippen LogP contribution in [0.25, 0.3) is 0 Å². The quantitative estimate of drug-likeness (QED) is 0.339. The minimum atomic E-state index is -1.39. The molecule has 0 amide bonds. The lowest BCUT2D eigenvalue weighted by Gasteiger charge is -2.36. The van der Waals surface area contributed by atoms with E-state index in [-0.39, 0.29) is 5.76 Å². The molecule has 1 fully saturated rings. The molecule has 0 aromatic heterocycles. The lowest BCUT2D eigenvalue weighted by Crippen LogP contribution is -2.53. The summed E-state index contributed by atoms with van der Waals surface area (Å²) < 4.78 is 4.91. The molecule has 4 N–H and O–H groups in total. The predicted octanol–water partition coefficient (Wildman–Crippen LogP) is -2.53. The summed E-state index contributed by atoms with van der Waals surface area (Å²) in [5, 5.41) is 36.5. The zero-order chi connectivity index (χ0) is 10.0. The molecule has 2 unspecified atom stereocenters. The van der Waals surface area contributed by atoms with E-state index in [4.69, 9.17) is 17.7 Å². The number of ether oxygens (including phenoxy) is 1. The first-order valence-corrected chi connectivity index (χ1v) is 3.85. The highest BCUT2D eigenvalue weighted by Gasteiger charge is 2.40. The van der Waals surface area contributed by atoms with E-state index in [0.717, 1.165) is 5.98 Å². The molecule has 1 aliphatic rings. The van der Waals surface area contributed by atoms with Crippen LogP contribution >= 0.6 is 0 Å². The Labute approximate surface area is 76.7 Å². The maximum absolute atomic E-state index is 9.26. The van der Waals surface area contributed by atoms with Crippen molar-refractivity contribution in [1.29, 1.82) is 0 Å². The van der Waals surface area contributed by atoms with Crippen molar-refractivity contribution in [2.45, 2.75) is 24.4 Å². The van der Waals surface area contributed by atoms with Crippen molar-refractivity contribution < 1.29 is 25.2 Å². The molecular weight excluding hydrogens is 175 g/mol. The first kappa shape index (κ1) is 10.5. The van der Waals surface area contributed by atoms with E-state index in [1.54, 1.807) is 0 Å². The number of hydrogen-bond donors (Lipinski definition) is 4. The molecule has 2 radical (unpaired) electrons. The monoisotopic (exact) mass is 186 g/mol. The summed E-state index contributed by atoms with van der Waals surface area (Å²) in [5.74, 6) is 0.944. The summed E-state index contributed by atoms with van der Waals surface area (Å²) in [7, 11) is 5.10. The van der Waals surface area contributed by atoms with E-state index in [0.29, 0.717) is 0 Å². The second-order valence-corrected chi connectivity index (χ2v) is 2.83. The lowest BCUT2D eigenvalue weighted by molar-refractivity contribution is -0.164. The van der Waals surface area contributed by atoms with Crippen LogP contribution in [0.4, 0.5) is 0 Å². The molecule has 1 heterocycles. The summed E-state index contributed by atoms with van der Waals surface area (Å²) in [4.78, 5) is 0. The molecule has 0 aromatic rings. The predicted molar refractivity (Wildman–Crippen MR) is 43.8 cm³/mol. The van der Waals surface area contributed by atoms with Crippen LogP contribution in [0.2, 0.25) is 0 Å². The Kier molecular flexibility index (Phi) is 3.32. The molecule has 0 spiro atoms. The molecule has 72 valence electrons. The molecule has 6 heteroatoms. The molecule has 1 rings (SSSR count). The topological polar surface area (TPSA) is 90.2 Å². The van der Waals surface area contributed by atoms with Gasteiger partial charge in [-0.2, -0.15) is 0 Å². The number of aliphatic hydroxyl groups excluding tert-OH is 4. The van der Waals surface area contributed by atoms with E-state index in [1.165, 1.54) is 0 Å². The fraction of sp³-hybridized carbons (Fsp3) is 0.714. The maximum atomic E-state index is 9.26. The van der Waals surface area contributed by atoms with Crippen LogP contribution in [-0.4, -0.2) is 59.3 Å². The Morgan fingerprint density at radius 1 is 1.31 bits per heavy atom. The molecule has 13 heavy (non-hydrogen) atoms. The highest BCUT2D eigenvalue weighted by molar-refractivity contribution is 6.17. The van der Waals surface area contributed by atoms with Crippen LogP contribution in [0.1, 0.15) is 0 Å². The summed E-state index contributed by atoms with van der Waals surface area (Å²) in [5.41, 5.74) is 0. The van der Waals surface area contributed by atoms with Gasteiger partial charge in [0.2, 0.25) is 0 Å². The van der Waals surface area contributed by atoms with Crippen molar-refractivity contribution in [1.82, 2.24) is 0 Å². The minimum absolute atomic E-state index is 0.0446. The Hall–Kier alpha value is -0.555. The molecule has 0 saturated carbocycles. The van der Waals surface area contributed by atoms with Crippen molar-refractivity contribution in [3.63, 3.8) is 0 Å². The Balaban J connectivity index is 2.78. The van der Waals surface area contributed by atoms with Crippen molar-refractivity contribution >= 4 is 7.85 Å². The van der Waals surface area contributed by atoms with E-state index in [2.05, 4.69) is 0 Å². The summed E-state index contributed by atoms with van der Waals surface area (Å²) in [6.07, 6.45) is -5.00. The molecule has 0 aromatic carbocycles. The van der Waals surface area contributed by atoms with Crippen LogP contribution < -0.4 is 0 Å². The third-order valence-corrected chi connectivity index (χ3v) is 1.98. The maximum Gasteiger partial charge on any atom is 0.150 e. The van der Waals surface area contributed by atoms with Gasteiger partial charge in [0.1, 0.15) is 38.0 Å². The van der Waals surface area contributed by atoms with Gasteiger partial charge in [-0.1, -0.05) is 5.98 Å². The second kappa shape index (κ2) is 4.10. The summed E-state index contributed by atoms with van der Waals surface area (Å²) >= 11 is 0. The summed E-state index contributed by atoms with van der Waals surface area (Å²) in [6.45, 7) is -0.456. The number of rotatable bonds is 1. The zero-order valence-corrected chi connectivity index (χ0v) is 6.87. The molecule has 0 aliphatic carbocycles.